The van der Waals surface area contributed by atoms with Crippen molar-refractivity contribution < 1.29 is 23.2 Å². The largest absolute Gasteiger partial charge is 0.434 e. The fourth-order valence-corrected chi connectivity index (χ4v) is 2.97. The van der Waals surface area contributed by atoms with Gasteiger partial charge in [-0.1, -0.05) is 24.3 Å². The Bertz CT molecular complexity index is 994. The molecule has 7 nitrogen and oxygen atoms in total. The Morgan fingerprint density at radius 1 is 1.22 bits per heavy atom. The molecule has 10 heteroatoms. The summed E-state index contributed by atoms with van der Waals surface area (Å²) in [6.45, 7) is -3.06. The maximum atomic E-state index is 12.5. The molecule has 0 radical (unpaired) electrons. The fraction of sp³-hybridized carbons (Fsp3) is 0.0588. The maximum absolute atomic E-state index is 12.5. The molecule has 0 aliphatic rings. The summed E-state index contributed by atoms with van der Waals surface area (Å²) >= 11 is 1.10. The van der Waals surface area contributed by atoms with Crippen molar-refractivity contribution in [2.45, 2.75) is 6.61 Å². The number of nitro groups is 1. The summed E-state index contributed by atoms with van der Waals surface area (Å²) in [5.74, 6) is -0.911. The number of amides is 1. The number of anilines is 1. The number of carbonyl (C=O) groups is 1. The van der Waals surface area contributed by atoms with Crippen LogP contribution >= 0.6 is 11.3 Å². The summed E-state index contributed by atoms with van der Waals surface area (Å²) < 4.78 is 29.3. The van der Waals surface area contributed by atoms with Gasteiger partial charge in [-0.15, -0.1) is 11.3 Å². The van der Waals surface area contributed by atoms with Gasteiger partial charge >= 0.3 is 6.61 Å². The Morgan fingerprint density at radius 3 is 2.74 bits per heavy atom. The van der Waals surface area contributed by atoms with Crippen LogP contribution < -0.4 is 10.1 Å². The normalized spacial score (nSPS) is 10.6. The van der Waals surface area contributed by atoms with Crippen molar-refractivity contribution in [3.05, 3.63) is 69.6 Å². The van der Waals surface area contributed by atoms with Crippen molar-refractivity contribution in [1.82, 2.24) is 4.98 Å². The Kier molecular flexibility index (Phi) is 5.36. The molecule has 0 unspecified atom stereocenters. The summed E-state index contributed by atoms with van der Waals surface area (Å²) in [6.07, 6.45) is 0. The lowest BCUT2D eigenvalue weighted by atomic mass is 10.1. The highest BCUT2D eigenvalue weighted by Gasteiger charge is 2.17. The number of rotatable bonds is 6. The van der Waals surface area contributed by atoms with E-state index < -0.39 is 17.4 Å². The summed E-state index contributed by atoms with van der Waals surface area (Å²) in [5.41, 5.74) is 0.813. The van der Waals surface area contributed by atoms with Gasteiger partial charge in [0.2, 0.25) is 0 Å². The van der Waals surface area contributed by atoms with Crippen LogP contribution in [0, 0.1) is 10.1 Å². The van der Waals surface area contributed by atoms with Crippen molar-refractivity contribution >= 4 is 28.1 Å². The molecule has 138 valence electrons. The number of nitrogens with zero attached hydrogens (tertiary/aromatic N) is 2. The van der Waals surface area contributed by atoms with Crippen LogP contribution in [0.2, 0.25) is 0 Å². The predicted octanol–water partition coefficient (Wildman–Crippen LogP) is 4.57. The molecule has 0 saturated carbocycles. The van der Waals surface area contributed by atoms with E-state index in [0.29, 0.717) is 11.3 Å². The lowest BCUT2D eigenvalue weighted by molar-refractivity contribution is -0.384. The molecule has 27 heavy (non-hydrogen) atoms. The number of nitrogens with one attached hydrogen (secondary N) is 1. The molecule has 0 saturated heterocycles. The summed E-state index contributed by atoms with van der Waals surface area (Å²) in [4.78, 5) is 26.9. The molecule has 2 aromatic carbocycles. The van der Waals surface area contributed by atoms with Gasteiger partial charge in [0.1, 0.15) is 5.75 Å². The van der Waals surface area contributed by atoms with Crippen LogP contribution in [0.4, 0.5) is 19.6 Å². The average Bonchev–Trinajstić information content (AvgIpc) is 3.10. The second-order valence-electron chi connectivity index (χ2n) is 5.17. The van der Waals surface area contributed by atoms with Crippen LogP contribution in [-0.4, -0.2) is 22.4 Å². The molecule has 1 aromatic heterocycles. The van der Waals surface area contributed by atoms with Gasteiger partial charge in [-0.05, 0) is 12.1 Å². The lowest BCUT2D eigenvalue weighted by Gasteiger charge is -2.09. The maximum Gasteiger partial charge on any atom is 0.387 e. The van der Waals surface area contributed by atoms with E-state index in [2.05, 4.69) is 15.0 Å². The summed E-state index contributed by atoms with van der Waals surface area (Å²) in [5, 5.41) is 15.2. The first-order valence-electron chi connectivity index (χ1n) is 7.49. The zero-order valence-corrected chi connectivity index (χ0v) is 14.3. The van der Waals surface area contributed by atoms with Crippen LogP contribution in [0.3, 0.4) is 0 Å². The third kappa shape index (κ3) is 4.42. The van der Waals surface area contributed by atoms with Gasteiger partial charge < -0.3 is 4.74 Å². The Labute approximate surface area is 155 Å². The minimum absolute atomic E-state index is 0.0649. The monoisotopic (exact) mass is 391 g/mol. The number of carbonyl (C=O) groups excluding carboxylic acids is 1. The van der Waals surface area contributed by atoms with Crippen molar-refractivity contribution in [1.29, 1.82) is 0 Å². The predicted molar refractivity (Wildman–Crippen MR) is 95.2 cm³/mol. The van der Waals surface area contributed by atoms with E-state index >= 15 is 0 Å². The highest BCUT2D eigenvalue weighted by atomic mass is 32.1. The first kappa shape index (κ1) is 18.4. The van der Waals surface area contributed by atoms with E-state index in [1.807, 2.05) is 0 Å². The van der Waals surface area contributed by atoms with Crippen LogP contribution in [0.1, 0.15) is 10.4 Å². The van der Waals surface area contributed by atoms with Gasteiger partial charge in [-0.3, -0.25) is 20.2 Å². The topological polar surface area (TPSA) is 94.4 Å². The molecule has 1 amide bonds. The Balaban J connectivity index is 1.79. The van der Waals surface area contributed by atoms with E-state index in [1.54, 1.807) is 11.4 Å². The first-order chi connectivity index (χ1) is 12.9. The minimum atomic E-state index is -3.06. The Morgan fingerprint density at radius 2 is 2.00 bits per heavy atom. The van der Waals surface area contributed by atoms with E-state index in [4.69, 9.17) is 0 Å². The van der Waals surface area contributed by atoms with Gasteiger partial charge in [0.05, 0.1) is 16.2 Å². The van der Waals surface area contributed by atoms with Crippen LogP contribution in [0.15, 0.2) is 53.9 Å². The zero-order chi connectivity index (χ0) is 19.4. The number of hydrogen-bond donors (Lipinski definition) is 1. The van der Waals surface area contributed by atoms with Crippen LogP contribution in [0.5, 0.6) is 5.75 Å². The SMILES string of the molecule is O=C(Nc1nc(-c2cccc([N+](=O)[O-])c2)cs1)c1ccccc1OC(F)F. The van der Waals surface area contributed by atoms with E-state index in [9.17, 15) is 23.7 Å². The quantitative estimate of drug-likeness (QED) is 0.491. The van der Waals surface area contributed by atoms with Gasteiger partial charge in [0.15, 0.2) is 5.13 Å². The number of thiazole rings is 1. The molecule has 0 aliphatic carbocycles. The van der Waals surface area contributed by atoms with E-state index in [-0.39, 0.29) is 22.1 Å². The second kappa shape index (κ2) is 7.87. The number of hydrogen-bond acceptors (Lipinski definition) is 6. The number of alkyl halides is 2. The fourth-order valence-electron chi connectivity index (χ4n) is 2.26. The van der Waals surface area contributed by atoms with E-state index in [0.717, 1.165) is 11.3 Å². The third-order valence-corrected chi connectivity index (χ3v) is 4.18. The van der Waals surface area contributed by atoms with Crippen LogP contribution in [0.25, 0.3) is 11.3 Å². The summed E-state index contributed by atoms with van der Waals surface area (Å²) in [7, 11) is 0. The number of para-hydroxylation sites is 1. The highest BCUT2D eigenvalue weighted by molar-refractivity contribution is 7.14. The number of halogens is 2. The molecule has 0 bridgehead atoms. The Hall–Kier alpha value is -3.40. The second-order valence-corrected chi connectivity index (χ2v) is 6.03. The number of benzene rings is 2. The highest BCUT2D eigenvalue weighted by Crippen LogP contribution is 2.28. The minimum Gasteiger partial charge on any atom is -0.434 e. The average molecular weight is 391 g/mol. The zero-order valence-electron chi connectivity index (χ0n) is 13.5. The molecule has 0 atom stereocenters. The molecule has 1 heterocycles. The number of aromatic nitrogens is 1. The number of non-ortho nitro benzene ring substituents is 1. The number of nitro benzene ring substituents is 1. The smallest absolute Gasteiger partial charge is 0.387 e. The standard InChI is InChI=1S/C17H11F2N3O4S/c18-16(19)26-14-7-2-1-6-12(14)15(23)21-17-20-13(9-27-17)10-4-3-5-11(8-10)22(24)25/h1-9,16H,(H,20,21,23). The molecule has 0 spiro atoms. The van der Waals surface area contributed by atoms with Gasteiger partial charge in [-0.2, -0.15) is 8.78 Å². The van der Waals surface area contributed by atoms with Crippen molar-refractivity contribution in [3.63, 3.8) is 0 Å². The van der Waals surface area contributed by atoms with Gasteiger partial charge in [-0.25, -0.2) is 4.98 Å². The molecular formula is C17H11F2N3O4S. The third-order valence-electron chi connectivity index (χ3n) is 3.43. The molecule has 3 aromatic rings. The van der Waals surface area contributed by atoms with Crippen molar-refractivity contribution in [3.8, 4) is 17.0 Å². The number of ether oxygens (including phenoxy) is 1. The molecule has 3 rings (SSSR count). The first-order valence-corrected chi connectivity index (χ1v) is 8.37. The lowest BCUT2D eigenvalue weighted by Crippen LogP contribution is -2.14. The van der Waals surface area contributed by atoms with E-state index in [1.165, 1.54) is 42.5 Å². The van der Waals surface area contributed by atoms with Gasteiger partial charge in [0.25, 0.3) is 11.6 Å². The molecule has 0 aliphatic heterocycles. The summed E-state index contributed by atoms with van der Waals surface area (Å²) in [6, 6.07) is 11.5. The molecule has 1 N–H and O–H groups in total. The van der Waals surface area contributed by atoms with Crippen LogP contribution in [-0.2, 0) is 0 Å². The molecule has 0 fully saturated rings. The van der Waals surface area contributed by atoms with Gasteiger partial charge in [0, 0.05) is 23.1 Å². The van der Waals surface area contributed by atoms with Crippen molar-refractivity contribution in [2.24, 2.45) is 0 Å². The van der Waals surface area contributed by atoms with Crippen molar-refractivity contribution in [2.75, 3.05) is 5.32 Å². The molecular weight excluding hydrogens is 380 g/mol.